The van der Waals surface area contributed by atoms with E-state index >= 15 is 0 Å². The molecule has 1 aromatic carbocycles. The van der Waals surface area contributed by atoms with E-state index in [9.17, 15) is 27.2 Å². The maximum absolute atomic E-state index is 13.4. The van der Waals surface area contributed by atoms with Crippen LogP contribution in [-0.2, 0) is 33.3 Å². The Hall–Kier alpha value is -2.12. The van der Waals surface area contributed by atoms with Crippen LogP contribution < -0.4 is 4.74 Å². The number of esters is 1. The second-order valence-corrected chi connectivity index (χ2v) is 6.54. The van der Waals surface area contributed by atoms with Gasteiger partial charge < -0.3 is 28.4 Å². The normalized spacial score (nSPS) is 11.1. The third kappa shape index (κ3) is 13.2. The zero-order valence-corrected chi connectivity index (χ0v) is 18.3. The molecule has 0 saturated heterocycles. The first kappa shape index (κ1) is 28.9. The lowest BCUT2D eigenvalue weighted by atomic mass is 10.3. The summed E-state index contributed by atoms with van der Waals surface area (Å²) in [5.41, 5.74) is 0. The average molecular weight is 484 g/mol. The molecule has 0 aliphatic carbocycles. The molecule has 33 heavy (non-hydrogen) atoms. The van der Waals surface area contributed by atoms with Crippen LogP contribution in [-0.4, -0.2) is 77.8 Å². The van der Waals surface area contributed by atoms with Crippen LogP contribution in [0.3, 0.4) is 0 Å². The summed E-state index contributed by atoms with van der Waals surface area (Å²) >= 11 is 0. The number of rotatable bonds is 19. The molecule has 8 nitrogen and oxygen atoms in total. The first-order chi connectivity index (χ1) is 15.8. The largest absolute Gasteiger partial charge is 0.423 e. The molecule has 0 aliphatic heterocycles. The van der Waals surface area contributed by atoms with Gasteiger partial charge in [-0.1, -0.05) is 0 Å². The minimum atomic E-state index is -2.06. The average Bonchev–Trinajstić information content (AvgIpc) is 2.77. The number of Topliss-reactive ketones (excluding diaryl/α,β-unsaturated/α-hetero) is 1. The molecule has 12 heteroatoms. The number of hydrogen-bond acceptors (Lipinski definition) is 8. The maximum atomic E-state index is 13.4. The number of hydrogen-bond donors (Lipinski definition) is 0. The van der Waals surface area contributed by atoms with E-state index in [2.05, 4.69) is 4.74 Å². The lowest BCUT2D eigenvalue weighted by Gasteiger charge is -2.08. The van der Waals surface area contributed by atoms with Crippen LogP contribution in [0.15, 0.2) is 6.07 Å². The van der Waals surface area contributed by atoms with Gasteiger partial charge in [0.1, 0.15) is 5.78 Å². The van der Waals surface area contributed by atoms with Crippen molar-refractivity contribution in [3.63, 3.8) is 0 Å². The van der Waals surface area contributed by atoms with Crippen molar-refractivity contribution in [3.8, 4) is 5.75 Å². The van der Waals surface area contributed by atoms with Gasteiger partial charge in [-0.3, -0.25) is 9.59 Å². The summed E-state index contributed by atoms with van der Waals surface area (Å²) in [6.45, 7) is 4.47. The Morgan fingerprint density at radius 1 is 0.636 bits per heavy atom. The molecule has 0 aliphatic rings. The van der Waals surface area contributed by atoms with Gasteiger partial charge in [0, 0.05) is 12.5 Å². The topological polar surface area (TPSA) is 89.5 Å². The van der Waals surface area contributed by atoms with Gasteiger partial charge in [-0.25, -0.2) is 13.2 Å². The Morgan fingerprint density at radius 2 is 1.06 bits per heavy atom. The third-order valence-corrected chi connectivity index (χ3v) is 3.83. The molecule has 0 atom stereocenters. The third-order valence-electron chi connectivity index (χ3n) is 3.83. The van der Waals surface area contributed by atoms with Crippen molar-refractivity contribution in [1.82, 2.24) is 0 Å². The fourth-order valence-electron chi connectivity index (χ4n) is 2.15. The molecule has 0 N–H and O–H groups in total. The van der Waals surface area contributed by atoms with Crippen molar-refractivity contribution < 1.29 is 55.6 Å². The quantitative estimate of drug-likeness (QED) is 0.0740. The summed E-state index contributed by atoms with van der Waals surface area (Å²) in [4.78, 5) is 22.3. The van der Waals surface area contributed by atoms with E-state index in [1.54, 1.807) is 0 Å². The summed E-state index contributed by atoms with van der Waals surface area (Å²) < 4.78 is 83.1. The van der Waals surface area contributed by atoms with Gasteiger partial charge in [-0.2, -0.15) is 4.39 Å². The van der Waals surface area contributed by atoms with E-state index in [1.165, 1.54) is 6.92 Å². The van der Waals surface area contributed by atoms with Crippen molar-refractivity contribution in [3.05, 3.63) is 29.3 Å². The number of ketones is 1. The van der Waals surface area contributed by atoms with Crippen molar-refractivity contribution in [2.45, 2.75) is 19.8 Å². The summed E-state index contributed by atoms with van der Waals surface area (Å²) in [5.74, 6) is -9.47. The lowest BCUT2D eigenvalue weighted by Crippen LogP contribution is -2.15. The van der Waals surface area contributed by atoms with Gasteiger partial charge >= 0.3 is 5.97 Å². The highest BCUT2D eigenvalue weighted by Crippen LogP contribution is 2.24. The molecular formula is C21H28F4O8. The Labute approximate surface area is 189 Å². The lowest BCUT2D eigenvalue weighted by molar-refractivity contribution is -0.136. The summed E-state index contributed by atoms with van der Waals surface area (Å²) in [7, 11) is 0. The van der Waals surface area contributed by atoms with Crippen LogP contribution in [0.4, 0.5) is 17.6 Å². The fourth-order valence-corrected chi connectivity index (χ4v) is 2.15. The van der Waals surface area contributed by atoms with Crippen LogP contribution in [0.2, 0.25) is 0 Å². The van der Waals surface area contributed by atoms with Crippen molar-refractivity contribution in [2.24, 2.45) is 0 Å². The molecule has 0 spiro atoms. The molecule has 0 heterocycles. The predicted octanol–water partition coefficient (Wildman–Crippen LogP) is 2.60. The van der Waals surface area contributed by atoms with Gasteiger partial charge in [-0.15, -0.1) is 0 Å². The van der Waals surface area contributed by atoms with E-state index in [0.29, 0.717) is 52.7 Å². The molecule has 1 rings (SSSR count). The second kappa shape index (κ2) is 17.4. The molecule has 0 saturated carbocycles. The molecular weight excluding hydrogens is 456 g/mol. The van der Waals surface area contributed by atoms with E-state index in [4.69, 9.17) is 23.7 Å². The van der Waals surface area contributed by atoms with E-state index < -0.39 is 35.0 Å². The van der Waals surface area contributed by atoms with Gasteiger partial charge in [0.2, 0.25) is 11.6 Å². The summed E-state index contributed by atoms with van der Waals surface area (Å²) in [5, 5.41) is 0. The SMILES string of the molecule is CC(=O)CCOCCOCCOCCOCCOCCC(=O)Oc1cc(F)c(F)c(F)c1F. The highest BCUT2D eigenvalue weighted by atomic mass is 19.2. The maximum Gasteiger partial charge on any atom is 0.313 e. The first-order valence-corrected chi connectivity index (χ1v) is 10.2. The standard InChI is InChI=1S/C21H28F4O8/c1-15(26)2-4-28-6-8-30-10-12-32-13-11-31-9-7-29-5-3-18(27)33-17-14-16(22)19(23)21(25)20(17)24/h14H,2-13H2,1H3. The smallest absolute Gasteiger partial charge is 0.313 e. The predicted molar refractivity (Wildman–Crippen MR) is 106 cm³/mol. The zero-order valence-electron chi connectivity index (χ0n) is 18.3. The minimum absolute atomic E-state index is 0.0803. The number of benzene rings is 1. The van der Waals surface area contributed by atoms with Gasteiger partial charge in [-0.05, 0) is 6.92 Å². The van der Waals surface area contributed by atoms with Gasteiger partial charge in [0.05, 0.1) is 72.5 Å². The number of ether oxygens (including phenoxy) is 6. The van der Waals surface area contributed by atoms with E-state index in [0.717, 1.165) is 0 Å². The van der Waals surface area contributed by atoms with Crippen molar-refractivity contribution >= 4 is 11.8 Å². The van der Waals surface area contributed by atoms with Crippen LogP contribution in [0.5, 0.6) is 5.75 Å². The Morgan fingerprint density at radius 3 is 1.52 bits per heavy atom. The molecule has 188 valence electrons. The number of halogens is 4. The number of carbonyl (C=O) groups excluding carboxylic acids is 2. The molecule has 0 aromatic heterocycles. The van der Waals surface area contributed by atoms with E-state index in [-0.39, 0.29) is 38.1 Å². The monoisotopic (exact) mass is 484 g/mol. The molecule has 0 amide bonds. The highest BCUT2D eigenvalue weighted by molar-refractivity contribution is 5.75. The highest BCUT2D eigenvalue weighted by Gasteiger charge is 2.21. The van der Waals surface area contributed by atoms with E-state index in [1.807, 2.05) is 0 Å². The van der Waals surface area contributed by atoms with Crippen LogP contribution in [0.25, 0.3) is 0 Å². The molecule has 0 radical (unpaired) electrons. The van der Waals surface area contributed by atoms with Gasteiger partial charge in [0.15, 0.2) is 17.4 Å². The van der Waals surface area contributed by atoms with Crippen LogP contribution in [0.1, 0.15) is 19.8 Å². The van der Waals surface area contributed by atoms with Crippen molar-refractivity contribution in [2.75, 3.05) is 66.1 Å². The molecule has 1 aromatic rings. The Balaban J connectivity index is 1.92. The Bertz CT molecular complexity index is 733. The van der Waals surface area contributed by atoms with Gasteiger partial charge in [0.25, 0.3) is 0 Å². The molecule has 0 unspecified atom stereocenters. The number of carbonyl (C=O) groups is 2. The zero-order chi connectivity index (χ0) is 24.5. The minimum Gasteiger partial charge on any atom is -0.423 e. The second-order valence-electron chi connectivity index (χ2n) is 6.54. The van der Waals surface area contributed by atoms with Crippen LogP contribution >= 0.6 is 0 Å². The molecule has 0 bridgehead atoms. The van der Waals surface area contributed by atoms with Crippen LogP contribution in [0, 0.1) is 23.3 Å². The van der Waals surface area contributed by atoms with Crippen molar-refractivity contribution in [1.29, 1.82) is 0 Å². The first-order valence-electron chi connectivity index (χ1n) is 10.2. The Kier molecular flexibility index (Phi) is 15.2. The fraction of sp³-hybridized carbons (Fsp3) is 0.619. The summed E-state index contributed by atoms with van der Waals surface area (Å²) in [6, 6.07) is 0.252. The molecule has 0 fully saturated rings. The summed E-state index contributed by atoms with van der Waals surface area (Å²) in [6.07, 6.45) is 0.0784.